The lowest BCUT2D eigenvalue weighted by Crippen LogP contribution is -2.38. The molecule has 0 atom stereocenters. The van der Waals surface area contributed by atoms with E-state index in [9.17, 15) is 14.4 Å². The number of aryl methyl sites for hydroxylation is 1. The van der Waals surface area contributed by atoms with Gasteiger partial charge in [0.15, 0.2) is 6.61 Å². The van der Waals surface area contributed by atoms with Crippen LogP contribution in [0.5, 0.6) is 5.75 Å². The number of carbonyl (C=O) groups excluding carboxylic acids is 1. The molecule has 0 unspecified atom stereocenters. The lowest BCUT2D eigenvalue weighted by molar-refractivity contribution is -0.123. The van der Waals surface area contributed by atoms with Gasteiger partial charge in [-0.15, -0.1) is 0 Å². The zero-order valence-electron chi connectivity index (χ0n) is 19.1. The number of rotatable bonds is 9. The Labute approximate surface area is 191 Å². The summed E-state index contributed by atoms with van der Waals surface area (Å²) in [6, 6.07) is 9.22. The summed E-state index contributed by atoms with van der Waals surface area (Å²) in [5.41, 5.74) is 1.07. The third-order valence-corrected chi connectivity index (χ3v) is 6.12. The normalized spacial score (nSPS) is 14.1. The van der Waals surface area contributed by atoms with Gasteiger partial charge in [0.05, 0.1) is 5.52 Å². The average Bonchev–Trinajstić information content (AvgIpc) is 3.49. The monoisotopic (exact) mass is 454 g/mol. The molecule has 2 heterocycles. The smallest absolute Gasteiger partial charge is 0.331 e. The number of nitrogens with one attached hydrogen (secondary N) is 1. The molecule has 0 saturated heterocycles. The Hall–Kier alpha value is -3.33. The van der Waals surface area contributed by atoms with Crippen molar-refractivity contribution in [2.24, 2.45) is 7.05 Å². The number of carbonyl (C=O) groups is 1. The van der Waals surface area contributed by atoms with E-state index in [0.29, 0.717) is 36.4 Å². The number of benzene rings is 1. The van der Waals surface area contributed by atoms with Crippen LogP contribution in [0.1, 0.15) is 32.1 Å². The Bertz CT molecular complexity index is 1230. The highest BCUT2D eigenvalue weighted by atomic mass is 16.5. The molecule has 1 saturated carbocycles. The van der Waals surface area contributed by atoms with Crippen LogP contribution in [0.3, 0.4) is 0 Å². The number of methoxy groups -OCH3 is 1. The minimum atomic E-state index is -0.355. The van der Waals surface area contributed by atoms with Crippen LogP contribution < -0.4 is 21.3 Å². The summed E-state index contributed by atoms with van der Waals surface area (Å²) in [7, 11) is 3.10. The van der Waals surface area contributed by atoms with Crippen molar-refractivity contribution in [3.05, 3.63) is 57.4 Å². The van der Waals surface area contributed by atoms with Crippen LogP contribution in [0.2, 0.25) is 0 Å². The first kappa shape index (κ1) is 22.8. The molecule has 0 spiro atoms. The van der Waals surface area contributed by atoms with E-state index < -0.39 is 0 Å². The number of amides is 1. The molecule has 0 aliphatic heterocycles. The predicted molar refractivity (Wildman–Crippen MR) is 125 cm³/mol. The molecule has 1 amide bonds. The molecule has 1 fully saturated rings. The van der Waals surface area contributed by atoms with Crippen molar-refractivity contribution in [1.29, 1.82) is 0 Å². The summed E-state index contributed by atoms with van der Waals surface area (Å²) in [6.07, 6.45) is 6.83. The van der Waals surface area contributed by atoms with Crippen molar-refractivity contribution >= 4 is 16.9 Å². The maximum absolute atomic E-state index is 12.9. The van der Waals surface area contributed by atoms with Crippen LogP contribution >= 0.6 is 0 Å². The van der Waals surface area contributed by atoms with Gasteiger partial charge in [0.1, 0.15) is 11.3 Å². The summed E-state index contributed by atoms with van der Waals surface area (Å²) < 4.78 is 15.2. The van der Waals surface area contributed by atoms with E-state index in [1.54, 1.807) is 40.6 Å². The van der Waals surface area contributed by atoms with Crippen molar-refractivity contribution in [3.63, 3.8) is 0 Å². The van der Waals surface area contributed by atoms with Gasteiger partial charge in [0.25, 0.3) is 11.5 Å². The van der Waals surface area contributed by atoms with Crippen molar-refractivity contribution in [1.82, 2.24) is 19.0 Å². The lowest BCUT2D eigenvalue weighted by atomic mass is 10.2. The van der Waals surface area contributed by atoms with Crippen LogP contribution in [-0.2, 0) is 23.1 Å². The Morgan fingerprint density at radius 1 is 1.12 bits per heavy atom. The number of aromatic nitrogens is 3. The number of hydrogen-bond acceptors (Lipinski definition) is 5. The second-order valence-electron chi connectivity index (χ2n) is 8.40. The zero-order chi connectivity index (χ0) is 23.4. The van der Waals surface area contributed by atoms with Crippen LogP contribution in [0.25, 0.3) is 16.7 Å². The molecule has 2 aromatic heterocycles. The van der Waals surface area contributed by atoms with E-state index in [2.05, 4.69) is 5.32 Å². The lowest BCUT2D eigenvalue weighted by Gasteiger charge is -2.13. The van der Waals surface area contributed by atoms with E-state index >= 15 is 0 Å². The van der Waals surface area contributed by atoms with Gasteiger partial charge in [-0.05, 0) is 49.6 Å². The standard InChI is InChI=1S/C24H30N4O5/c1-26-23(30)22-20(28(24(26)31)13-5-15-32-2)12-14-27(22)18-8-10-19(11-9-18)33-16-21(29)25-17-6-3-4-7-17/h8-12,14,17H,3-7,13,15-16H2,1-2H3,(H,25,29). The largest absolute Gasteiger partial charge is 0.484 e. The van der Waals surface area contributed by atoms with Gasteiger partial charge in [-0.3, -0.25) is 18.7 Å². The maximum Gasteiger partial charge on any atom is 0.331 e. The Morgan fingerprint density at radius 2 is 1.85 bits per heavy atom. The average molecular weight is 455 g/mol. The fourth-order valence-electron chi connectivity index (χ4n) is 4.37. The quantitative estimate of drug-likeness (QED) is 0.499. The highest BCUT2D eigenvalue weighted by molar-refractivity contribution is 5.78. The fraction of sp³-hybridized carbons (Fsp3) is 0.458. The van der Waals surface area contributed by atoms with E-state index in [1.165, 1.54) is 7.05 Å². The summed E-state index contributed by atoms with van der Waals surface area (Å²) in [5.74, 6) is 0.457. The Balaban J connectivity index is 1.53. The van der Waals surface area contributed by atoms with Crippen molar-refractivity contribution < 1.29 is 14.3 Å². The first-order valence-corrected chi connectivity index (χ1v) is 11.3. The van der Waals surface area contributed by atoms with Gasteiger partial charge in [-0.2, -0.15) is 0 Å². The second-order valence-corrected chi connectivity index (χ2v) is 8.40. The first-order chi connectivity index (χ1) is 16.0. The molecule has 9 heteroatoms. The van der Waals surface area contributed by atoms with Crippen LogP contribution in [0, 0.1) is 0 Å². The molecule has 1 aliphatic carbocycles. The molecule has 0 bridgehead atoms. The molecule has 33 heavy (non-hydrogen) atoms. The first-order valence-electron chi connectivity index (χ1n) is 11.3. The SMILES string of the molecule is COCCCn1c(=O)n(C)c(=O)c2c1ccn2-c1ccc(OCC(=O)NC2CCCC2)cc1. The molecule has 0 radical (unpaired) electrons. The summed E-state index contributed by atoms with van der Waals surface area (Å²) in [4.78, 5) is 37.6. The number of fused-ring (bicyclic) bond motifs is 1. The van der Waals surface area contributed by atoms with E-state index in [-0.39, 0.29) is 29.8 Å². The van der Waals surface area contributed by atoms with Crippen molar-refractivity contribution in [3.8, 4) is 11.4 Å². The molecule has 1 aliphatic rings. The number of nitrogens with zero attached hydrogens (tertiary/aromatic N) is 3. The predicted octanol–water partition coefficient (Wildman–Crippen LogP) is 1.96. The van der Waals surface area contributed by atoms with E-state index in [1.807, 2.05) is 12.1 Å². The second kappa shape index (κ2) is 10.1. The van der Waals surface area contributed by atoms with E-state index in [4.69, 9.17) is 9.47 Å². The molecule has 1 N–H and O–H groups in total. The van der Waals surface area contributed by atoms with Gasteiger partial charge in [-0.1, -0.05) is 12.8 Å². The molecule has 176 valence electrons. The molecule has 1 aromatic carbocycles. The Morgan fingerprint density at radius 3 is 2.55 bits per heavy atom. The van der Waals surface area contributed by atoms with Gasteiger partial charge >= 0.3 is 5.69 Å². The van der Waals surface area contributed by atoms with E-state index in [0.717, 1.165) is 35.9 Å². The molecule has 3 aromatic rings. The summed E-state index contributed by atoms with van der Waals surface area (Å²) in [6.45, 7) is 0.950. The Kier molecular flexibility index (Phi) is 6.98. The van der Waals surface area contributed by atoms with Gasteiger partial charge in [-0.25, -0.2) is 4.79 Å². The van der Waals surface area contributed by atoms with Crippen molar-refractivity contribution in [2.45, 2.75) is 44.7 Å². The van der Waals surface area contributed by atoms with Gasteiger partial charge in [0.2, 0.25) is 0 Å². The van der Waals surface area contributed by atoms with Crippen molar-refractivity contribution in [2.75, 3.05) is 20.3 Å². The zero-order valence-corrected chi connectivity index (χ0v) is 19.1. The molecule has 4 rings (SSSR count). The number of hydrogen-bond donors (Lipinski definition) is 1. The van der Waals surface area contributed by atoms with Gasteiger partial charge in [0, 0.05) is 45.2 Å². The molecular weight excluding hydrogens is 424 g/mol. The molecule has 9 nitrogen and oxygen atoms in total. The van der Waals surface area contributed by atoms with Crippen LogP contribution in [-0.4, -0.2) is 46.0 Å². The van der Waals surface area contributed by atoms with Gasteiger partial charge < -0.3 is 19.4 Å². The maximum atomic E-state index is 12.9. The minimum Gasteiger partial charge on any atom is -0.484 e. The summed E-state index contributed by atoms with van der Waals surface area (Å²) >= 11 is 0. The third-order valence-electron chi connectivity index (χ3n) is 6.12. The summed E-state index contributed by atoms with van der Waals surface area (Å²) in [5, 5.41) is 3.00. The highest BCUT2D eigenvalue weighted by Crippen LogP contribution is 2.21. The van der Waals surface area contributed by atoms with Crippen LogP contribution in [0.15, 0.2) is 46.1 Å². The van der Waals surface area contributed by atoms with Crippen LogP contribution in [0.4, 0.5) is 0 Å². The molecular formula is C24H30N4O5. The fourth-order valence-corrected chi connectivity index (χ4v) is 4.37. The third kappa shape index (κ3) is 4.88. The number of ether oxygens (including phenoxy) is 2. The topological polar surface area (TPSA) is 96.5 Å². The highest BCUT2D eigenvalue weighted by Gasteiger charge is 2.18. The minimum absolute atomic E-state index is 0.0312.